The van der Waals surface area contributed by atoms with Gasteiger partial charge in [-0.2, -0.15) is 19.9 Å². The molecule has 3 aromatic heterocycles. The van der Waals surface area contributed by atoms with E-state index in [9.17, 15) is 8.78 Å². The molecule has 0 fully saturated rings. The van der Waals surface area contributed by atoms with Crippen LogP contribution in [0, 0.1) is 11.6 Å². The molecule has 0 saturated heterocycles. The van der Waals surface area contributed by atoms with Crippen molar-refractivity contribution < 1.29 is 13.3 Å². The predicted molar refractivity (Wildman–Crippen MR) is 90.4 cm³/mol. The van der Waals surface area contributed by atoms with Gasteiger partial charge < -0.3 is 15.6 Å². The van der Waals surface area contributed by atoms with E-state index in [1.165, 1.54) is 36.5 Å². The number of pyridine rings is 1. The lowest BCUT2D eigenvalue weighted by molar-refractivity contribution is 0.427. The molecular formula is C16H10F2N8O. The third-order valence-corrected chi connectivity index (χ3v) is 3.32. The molecule has 134 valence electrons. The second-order valence-corrected chi connectivity index (χ2v) is 5.23. The standard InChI is InChI=1S/C16H10F2N8O/c17-8-3-1-4-9(7-8)21-16-24-12(23-15(19)25-16)13-22-14(27-26-13)11-10(18)5-2-6-20-11/h1-7H,(H3,19,21,23,24,25). The molecule has 0 radical (unpaired) electrons. The second-order valence-electron chi connectivity index (χ2n) is 5.23. The van der Waals surface area contributed by atoms with Gasteiger partial charge in [0.1, 0.15) is 5.82 Å². The molecule has 1 aromatic carbocycles. The first-order valence-corrected chi connectivity index (χ1v) is 7.57. The molecule has 0 saturated carbocycles. The highest BCUT2D eigenvalue weighted by atomic mass is 19.1. The van der Waals surface area contributed by atoms with Gasteiger partial charge in [0.05, 0.1) is 0 Å². The molecule has 0 spiro atoms. The first-order chi connectivity index (χ1) is 13.1. The largest absolute Gasteiger partial charge is 0.368 e. The van der Waals surface area contributed by atoms with Crippen molar-refractivity contribution in [3.63, 3.8) is 0 Å². The molecule has 9 nitrogen and oxygen atoms in total. The van der Waals surface area contributed by atoms with Crippen molar-refractivity contribution in [1.82, 2.24) is 30.1 Å². The van der Waals surface area contributed by atoms with Crippen LogP contribution in [-0.2, 0) is 0 Å². The number of benzene rings is 1. The van der Waals surface area contributed by atoms with Crippen LogP contribution in [-0.4, -0.2) is 30.1 Å². The number of anilines is 3. The molecule has 27 heavy (non-hydrogen) atoms. The Bertz CT molecular complexity index is 1120. The van der Waals surface area contributed by atoms with E-state index >= 15 is 0 Å². The van der Waals surface area contributed by atoms with Gasteiger partial charge in [0.15, 0.2) is 11.5 Å². The van der Waals surface area contributed by atoms with Crippen LogP contribution in [0.1, 0.15) is 0 Å². The lowest BCUT2D eigenvalue weighted by Crippen LogP contribution is -2.05. The van der Waals surface area contributed by atoms with Crippen molar-refractivity contribution in [2.24, 2.45) is 0 Å². The molecule has 3 N–H and O–H groups in total. The minimum absolute atomic E-state index is 0.00672. The van der Waals surface area contributed by atoms with Crippen molar-refractivity contribution in [2.75, 3.05) is 11.1 Å². The number of hydrogen-bond donors (Lipinski definition) is 2. The summed E-state index contributed by atoms with van der Waals surface area (Å²) in [6.45, 7) is 0. The number of nitrogens with zero attached hydrogens (tertiary/aromatic N) is 6. The molecule has 0 unspecified atom stereocenters. The van der Waals surface area contributed by atoms with E-state index in [0.717, 1.165) is 0 Å². The summed E-state index contributed by atoms with van der Waals surface area (Å²) in [6, 6.07) is 8.36. The molecule has 0 aliphatic rings. The van der Waals surface area contributed by atoms with E-state index < -0.39 is 11.6 Å². The summed E-state index contributed by atoms with van der Waals surface area (Å²) < 4.78 is 32.1. The highest BCUT2D eigenvalue weighted by Crippen LogP contribution is 2.22. The topological polar surface area (TPSA) is 129 Å². The van der Waals surface area contributed by atoms with Gasteiger partial charge in [-0.05, 0) is 30.3 Å². The molecule has 0 aliphatic carbocycles. The third-order valence-electron chi connectivity index (χ3n) is 3.32. The average molecular weight is 368 g/mol. The number of halogens is 2. The van der Waals surface area contributed by atoms with Crippen molar-refractivity contribution in [3.05, 3.63) is 54.2 Å². The second kappa shape index (κ2) is 6.71. The SMILES string of the molecule is Nc1nc(Nc2cccc(F)c2)nc(-c2noc(-c3ncccc3F)n2)n1. The minimum Gasteiger partial charge on any atom is -0.368 e. The quantitative estimate of drug-likeness (QED) is 0.558. The summed E-state index contributed by atoms with van der Waals surface area (Å²) in [5.74, 6) is -1.28. The number of rotatable bonds is 4. The van der Waals surface area contributed by atoms with E-state index in [0.29, 0.717) is 5.69 Å². The van der Waals surface area contributed by atoms with Gasteiger partial charge in [0.2, 0.25) is 23.5 Å². The van der Waals surface area contributed by atoms with E-state index in [1.54, 1.807) is 6.07 Å². The maximum absolute atomic E-state index is 13.8. The Kier molecular flexibility index (Phi) is 4.09. The van der Waals surface area contributed by atoms with Crippen molar-refractivity contribution in [1.29, 1.82) is 0 Å². The molecule has 0 aliphatic heterocycles. The number of hydrogen-bond acceptors (Lipinski definition) is 9. The highest BCUT2D eigenvalue weighted by molar-refractivity contribution is 5.58. The van der Waals surface area contributed by atoms with Gasteiger partial charge in [-0.1, -0.05) is 11.2 Å². The van der Waals surface area contributed by atoms with Crippen LogP contribution < -0.4 is 11.1 Å². The molecule has 0 amide bonds. The Morgan fingerprint density at radius 1 is 0.963 bits per heavy atom. The van der Waals surface area contributed by atoms with Crippen LogP contribution in [0.2, 0.25) is 0 Å². The Balaban J connectivity index is 1.67. The first kappa shape index (κ1) is 16.4. The molecule has 0 bridgehead atoms. The lowest BCUT2D eigenvalue weighted by atomic mass is 10.3. The predicted octanol–water partition coefficient (Wildman–Crippen LogP) is 2.59. The van der Waals surface area contributed by atoms with Crippen molar-refractivity contribution in [3.8, 4) is 23.2 Å². The normalized spacial score (nSPS) is 10.7. The number of nitrogen functional groups attached to an aromatic ring is 1. The van der Waals surface area contributed by atoms with Crippen LogP contribution >= 0.6 is 0 Å². The summed E-state index contributed by atoms with van der Waals surface area (Å²) in [5.41, 5.74) is 6.00. The van der Waals surface area contributed by atoms with Crippen molar-refractivity contribution >= 4 is 17.6 Å². The van der Waals surface area contributed by atoms with E-state index in [-0.39, 0.29) is 35.1 Å². The van der Waals surface area contributed by atoms with E-state index in [1.807, 2.05) is 0 Å². The summed E-state index contributed by atoms with van der Waals surface area (Å²) in [7, 11) is 0. The monoisotopic (exact) mass is 368 g/mol. The van der Waals surface area contributed by atoms with Gasteiger partial charge in [-0.3, -0.25) is 0 Å². The average Bonchev–Trinajstić information content (AvgIpc) is 3.11. The van der Waals surface area contributed by atoms with E-state index in [2.05, 4.69) is 35.4 Å². The fraction of sp³-hybridized carbons (Fsp3) is 0. The van der Waals surface area contributed by atoms with Gasteiger partial charge in [0.25, 0.3) is 5.89 Å². The Labute approximate surface area is 150 Å². The summed E-state index contributed by atoms with van der Waals surface area (Å²) >= 11 is 0. The minimum atomic E-state index is -0.615. The Morgan fingerprint density at radius 3 is 2.67 bits per heavy atom. The van der Waals surface area contributed by atoms with Gasteiger partial charge in [-0.15, -0.1) is 0 Å². The first-order valence-electron chi connectivity index (χ1n) is 7.57. The van der Waals surface area contributed by atoms with Gasteiger partial charge in [-0.25, -0.2) is 13.8 Å². The zero-order chi connectivity index (χ0) is 18.8. The Hall–Kier alpha value is -4.02. The molecule has 4 aromatic rings. The lowest BCUT2D eigenvalue weighted by Gasteiger charge is -2.05. The van der Waals surface area contributed by atoms with Crippen LogP contribution in [0.15, 0.2) is 47.1 Å². The molecular weight excluding hydrogens is 358 g/mol. The number of aromatic nitrogens is 6. The number of nitrogens with one attached hydrogen (secondary N) is 1. The van der Waals surface area contributed by atoms with Gasteiger partial charge >= 0.3 is 0 Å². The van der Waals surface area contributed by atoms with E-state index in [4.69, 9.17) is 10.3 Å². The van der Waals surface area contributed by atoms with Crippen molar-refractivity contribution in [2.45, 2.75) is 0 Å². The number of nitrogens with two attached hydrogens (primary N) is 1. The molecule has 0 atom stereocenters. The maximum atomic E-state index is 13.8. The fourth-order valence-corrected chi connectivity index (χ4v) is 2.20. The maximum Gasteiger partial charge on any atom is 0.279 e. The van der Waals surface area contributed by atoms with Crippen LogP contribution in [0.5, 0.6) is 0 Å². The third kappa shape index (κ3) is 3.51. The van der Waals surface area contributed by atoms with Crippen LogP contribution in [0.4, 0.5) is 26.4 Å². The zero-order valence-electron chi connectivity index (χ0n) is 13.5. The highest BCUT2D eigenvalue weighted by Gasteiger charge is 2.18. The summed E-state index contributed by atoms with van der Waals surface area (Å²) in [5, 5.41) is 6.52. The smallest absolute Gasteiger partial charge is 0.279 e. The van der Waals surface area contributed by atoms with Crippen LogP contribution in [0.25, 0.3) is 23.2 Å². The summed E-state index contributed by atoms with van der Waals surface area (Å²) in [4.78, 5) is 19.9. The molecule has 4 rings (SSSR count). The van der Waals surface area contributed by atoms with Gasteiger partial charge in [0, 0.05) is 11.9 Å². The molecule has 3 heterocycles. The van der Waals surface area contributed by atoms with Crippen LogP contribution in [0.3, 0.4) is 0 Å². The molecule has 11 heteroatoms. The fourth-order valence-electron chi connectivity index (χ4n) is 2.20. The summed E-state index contributed by atoms with van der Waals surface area (Å²) in [6.07, 6.45) is 1.39. The zero-order valence-corrected chi connectivity index (χ0v) is 13.5. The Morgan fingerprint density at radius 2 is 1.85 bits per heavy atom.